The number of carbonyl (C=O) groups is 1. The second kappa shape index (κ2) is 5.12. The molecule has 1 aromatic rings. The topological polar surface area (TPSA) is 53.0 Å². The zero-order valence-corrected chi connectivity index (χ0v) is 14.8. The number of likely N-dealkylation sites (tertiary alicyclic amines) is 2. The summed E-state index contributed by atoms with van der Waals surface area (Å²) >= 11 is 0. The normalized spacial score (nSPS) is 24.4. The summed E-state index contributed by atoms with van der Waals surface area (Å²) in [4.78, 5) is 17.3. The number of hydrogen-bond donors (Lipinski definition) is 1. The van der Waals surface area contributed by atoms with E-state index in [-0.39, 0.29) is 22.8 Å². The fraction of sp³-hybridized carbons (Fsp3) is 0.632. The van der Waals surface area contributed by atoms with Gasteiger partial charge in [-0.05, 0) is 46.2 Å². The summed E-state index contributed by atoms with van der Waals surface area (Å²) in [6.45, 7) is 6.83. The minimum atomic E-state index is -0.326. The predicted molar refractivity (Wildman–Crippen MR) is 91.6 cm³/mol. The maximum absolute atomic E-state index is 13.1. The Bertz CT molecular complexity index is 690. The lowest BCUT2D eigenvalue weighted by molar-refractivity contribution is -0.0352. The largest absolute Gasteiger partial charge is 0.504 e. The van der Waals surface area contributed by atoms with Gasteiger partial charge in [-0.15, -0.1) is 0 Å². The van der Waals surface area contributed by atoms with Crippen molar-refractivity contribution in [2.24, 2.45) is 0 Å². The van der Waals surface area contributed by atoms with Gasteiger partial charge in [-0.25, -0.2) is 0 Å². The third kappa shape index (κ3) is 2.29. The molecule has 1 aromatic carbocycles. The average molecular weight is 330 g/mol. The van der Waals surface area contributed by atoms with Crippen LogP contribution in [0.25, 0.3) is 0 Å². The molecule has 2 saturated heterocycles. The van der Waals surface area contributed by atoms with Gasteiger partial charge in [-0.1, -0.05) is 6.07 Å². The highest BCUT2D eigenvalue weighted by Crippen LogP contribution is 2.46. The molecule has 4 rings (SSSR count). The smallest absolute Gasteiger partial charge is 0.258 e. The highest BCUT2D eigenvalue weighted by Gasteiger charge is 2.49. The molecule has 3 aliphatic rings. The molecule has 3 heterocycles. The van der Waals surface area contributed by atoms with Crippen LogP contribution in [-0.2, 0) is 6.42 Å². The lowest BCUT2D eigenvalue weighted by Crippen LogP contribution is -2.65. The number of aromatic hydroxyl groups is 1. The Balaban J connectivity index is 1.60. The van der Waals surface area contributed by atoms with Crippen molar-refractivity contribution in [3.8, 4) is 11.5 Å². The van der Waals surface area contributed by atoms with E-state index in [2.05, 4.69) is 11.9 Å². The second-order valence-electron chi connectivity index (χ2n) is 8.22. The van der Waals surface area contributed by atoms with Gasteiger partial charge >= 0.3 is 0 Å². The predicted octanol–water partition coefficient (Wildman–Crippen LogP) is 2.42. The number of rotatable bonds is 1. The van der Waals surface area contributed by atoms with E-state index in [1.165, 1.54) is 0 Å². The summed E-state index contributed by atoms with van der Waals surface area (Å²) in [6, 6.07) is 3.69. The van der Waals surface area contributed by atoms with E-state index in [1.54, 1.807) is 6.07 Å². The van der Waals surface area contributed by atoms with Gasteiger partial charge in [0.1, 0.15) is 5.60 Å². The number of piperidine rings is 1. The van der Waals surface area contributed by atoms with Crippen LogP contribution in [0.1, 0.15) is 49.0 Å². The zero-order chi connectivity index (χ0) is 17.1. The van der Waals surface area contributed by atoms with Crippen LogP contribution in [0.15, 0.2) is 12.1 Å². The highest BCUT2D eigenvalue weighted by molar-refractivity contribution is 5.99. The first kappa shape index (κ1) is 15.8. The Labute approximate surface area is 143 Å². The van der Waals surface area contributed by atoms with Crippen molar-refractivity contribution in [2.75, 3.05) is 26.7 Å². The molecule has 1 amide bonds. The van der Waals surface area contributed by atoms with Crippen molar-refractivity contribution < 1.29 is 14.6 Å². The first-order chi connectivity index (χ1) is 11.3. The molecular weight excluding hydrogens is 304 g/mol. The van der Waals surface area contributed by atoms with Crippen LogP contribution in [0, 0.1) is 0 Å². The number of phenols is 1. The SMILES string of the molecule is CN1CCC2(CC1)CCN2C(=O)c1ccc2c(c1O)OC(C)(C)C2. The van der Waals surface area contributed by atoms with Crippen LogP contribution in [0.3, 0.4) is 0 Å². The lowest BCUT2D eigenvalue weighted by Gasteiger charge is -2.56. The minimum absolute atomic E-state index is 0.00479. The number of phenolic OH excluding ortho intramolecular Hbond substituents is 1. The third-order valence-corrected chi connectivity index (χ3v) is 5.97. The molecule has 1 spiro atoms. The number of nitrogens with zero attached hydrogens (tertiary/aromatic N) is 2. The molecule has 0 radical (unpaired) electrons. The van der Waals surface area contributed by atoms with Gasteiger partial charge in [0.2, 0.25) is 0 Å². The van der Waals surface area contributed by atoms with Crippen LogP contribution in [0.5, 0.6) is 11.5 Å². The van der Waals surface area contributed by atoms with Crippen molar-refractivity contribution in [1.29, 1.82) is 0 Å². The summed E-state index contributed by atoms with van der Waals surface area (Å²) in [5.74, 6) is 0.446. The third-order valence-electron chi connectivity index (χ3n) is 5.97. The van der Waals surface area contributed by atoms with Crippen LogP contribution < -0.4 is 4.74 Å². The van der Waals surface area contributed by atoms with Gasteiger partial charge in [0.05, 0.1) is 5.56 Å². The number of hydrogen-bond acceptors (Lipinski definition) is 4. The Kier molecular flexibility index (Phi) is 3.36. The summed E-state index contributed by atoms with van der Waals surface area (Å²) in [5, 5.41) is 10.6. The van der Waals surface area contributed by atoms with E-state index in [1.807, 2.05) is 24.8 Å². The number of ether oxygens (including phenoxy) is 1. The maximum Gasteiger partial charge on any atom is 0.258 e. The van der Waals surface area contributed by atoms with Gasteiger partial charge in [0, 0.05) is 37.2 Å². The van der Waals surface area contributed by atoms with Crippen molar-refractivity contribution in [1.82, 2.24) is 9.80 Å². The molecular formula is C19H26N2O3. The van der Waals surface area contributed by atoms with Crippen LogP contribution >= 0.6 is 0 Å². The Morgan fingerprint density at radius 1 is 1.17 bits per heavy atom. The molecule has 0 aliphatic carbocycles. The van der Waals surface area contributed by atoms with Gasteiger partial charge in [-0.3, -0.25) is 4.79 Å². The van der Waals surface area contributed by atoms with Crippen molar-refractivity contribution in [3.63, 3.8) is 0 Å². The monoisotopic (exact) mass is 330 g/mol. The Morgan fingerprint density at radius 2 is 1.83 bits per heavy atom. The summed E-state index contributed by atoms with van der Waals surface area (Å²) < 4.78 is 5.87. The Hall–Kier alpha value is -1.75. The van der Waals surface area contributed by atoms with Crippen molar-refractivity contribution in [3.05, 3.63) is 23.3 Å². The standard InChI is InChI=1S/C19H26N2O3/c1-18(2)12-13-4-5-14(15(22)16(13)24-18)17(23)21-11-8-19(21)6-9-20(3)10-7-19/h4-5,22H,6-12H2,1-3H3. The summed E-state index contributed by atoms with van der Waals surface area (Å²) in [5.41, 5.74) is 1.03. The van der Waals surface area contributed by atoms with E-state index in [0.29, 0.717) is 11.3 Å². The number of carbonyl (C=O) groups excluding carboxylic acids is 1. The molecule has 5 heteroatoms. The van der Waals surface area contributed by atoms with E-state index < -0.39 is 0 Å². The van der Waals surface area contributed by atoms with E-state index >= 15 is 0 Å². The van der Waals surface area contributed by atoms with E-state index in [9.17, 15) is 9.90 Å². The molecule has 2 fully saturated rings. The summed E-state index contributed by atoms with van der Waals surface area (Å²) in [6.07, 6.45) is 3.86. The summed E-state index contributed by atoms with van der Waals surface area (Å²) in [7, 11) is 2.13. The van der Waals surface area contributed by atoms with Gasteiger partial charge in [0.15, 0.2) is 11.5 Å². The lowest BCUT2D eigenvalue weighted by atomic mass is 9.76. The molecule has 1 N–H and O–H groups in total. The highest BCUT2D eigenvalue weighted by atomic mass is 16.5. The molecule has 0 bridgehead atoms. The average Bonchev–Trinajstić information content (AvgIpc) is 2.82. The van der Waals surface area contributed by atoms with E-state index in [0.717, 1.165) is 50.9 Å². The molecule has 0 atom stereocenters. The molecule has 0 saturated carbocycles. The number of fused-ring (bicyclic) bond motifs is 1. The van der Waals surface area contributed by atoms with Crippen molar-refractivity contribution >= 4 is 5.91 Å². The first-order valence-electron chi connectivity index (χ1n) is 8.86. The first-order valence-corrected chi connectivity index (χ1v) is 8.86. The van der Waals surface area contributed by atoms with Crippen LogP contribution in [-0.4, -0.2) is 58.6 Å². The molecule has 130 valence electrons. The van der Waals surface area contributed by atoms with Crippen molar-refractivity contribution in [2.45, 2.75) is 50.7 Å². The fourth-order valence-electron chi connectivity index (χ4n) is 4.37. The molecule has 0 aromatic heterocycles. The molecule has 3 aliphatic heterocycles. The second-order valence-corrected chi connectivity index (χ2v) is 8.22. The number of benzene rings is 1. The van der Waals surface area contributed by atoms with E-state index in [4.69, 9.17) is 4.74 Å². The molecule has 0 unspecified atom stereocenters. The Morgan fingerprint density at radius 3 is 2.46 bits per heavy atom. The zero-order valence-electron chi connectivity index (χ0n) is 14.8. The molecule has 24 heavy (non-hydrogen) atoms. The molecule has 5 nitrogen and oxygen atoms in total. The van der Waals surface area contributed by atoms with Gasteiger partial charge < -0.3 is 19.6 Å². The van der Waals surface area contributed by atoms with Gasteiger partial charge in [0.25, 0.3) is 5.91 Å². The van der Waals surface area contributed by atoms with Gasteiger partial charge in [-0.2, -0.15) is 0 Å². The quantitative estimate of drug-likeness (QED) is 0.859. The minimum Gasteiger partial charge on any atom is -0.504 e. The number of amides is 1. The maximum atomic E-state index is 13.1. The fourth-order valence-corrected chi connectivity index (χ4v) is 4.37. The van der Waals surface area contributed by atoms with Crippen LogP contribution in [0.2, 0.25) is 0 Å². The van der Waals surface area contributed by atoms with Crippen LogP contribution in [0.4, 0.5) is 0 Å².